The normalized spacial score (nSPS) is 10.6. The first-order chi connectivity index (χ1) is 9.06. The van der Waals surface area contributed by atoms with Crippen molar-refractivity contribution in [1.29, 1.82) is 0 Å². The molecule has 0 saturated heterocycles. The molecule has 1 aromatic heterocycles. The molecule has 2 aromatic rings. The van der Waals surface area contributed by atoms with Crippen LogP contribution in [-0.4, -0.2) is 10.9 Å². The number of primary amides is 1. The van der Waals surface area contributed by atoms with Crippen LogP contribution in [0.4, 0.5) is 4.39 Å². The van der Waals surface area contributed by atoms with Gasteiger partial charge in [0.05, 0.1) is 0 Å². The average Bonchev–Trinajstić information content (AvgIpc) is 2.77. The minimum Gasteiger partial charge on any atom is -0.366 e. The van der Waals surface area contributed by atoms with Crippen LogP contribution in [0.3, 0.4) is 0 Å². The molecule has 0 saturated carbocycles. The van der Waals surface area contributed by atoms with Gasteiger partial charge < -0.3 is 16.0 Å². The summed E-state index contributed by atoms with van der Waals surface area (Å²) in [6.45, 7) is 0.735. The summed E-state index contributed by atoms with van der Waals surface area (Å²) in [5.41, 5.74) is 6.39. The molecule has 0 aliphatic carbocycles. The Bertz CT molecular complexity index is 650. The van der Waals surface area contributed by atoms with Crippen molar-refractivity contribution in [1.82, 2.24) is 10.3 Å². The van der Waals surface area contributed by atoms with E-state index in [0.29, 0.717) is 18.7 Å². The molecule has 2 rings (SSSR count). The molecule has 0 aliphatic heterocycles. The fourth-order valence-electron chi connectivity index (χ4n) is 1.58. The summed E-state index contributed by atoms with van der Waals surface area (Å²) in [4.78, 5) is 24.3. The highest BCUT2D eigenvalue weighted by atomic mass is 32.1. The number of hydrogen-bond acceptors (Lipinski definition) is 4. The molecule has 1 heterocycles. The van der Waals surface area contributed by atoms with Gasteiger partial charge in [-0.15, -0.1) is 0 Å². The van der Waals surface area contributed by atoms with E-state index in [4.69, 9.17) is 5.73 Å². The highest BCUT2D eigenvalue weighted by Gasteiger charge is 2.06. The molecule has 0 atom stereocenters. The van der Waals surface area contributed by atoms with Gasteiger partial charge >= 0.3 is 4.87 Å². The molecule has 0 radical (unpaired) electrons. The van der Waals surface area contributed by atoms with Crippen molar-refractivity contribution in [2.45, 2.75) is 13.1 Å². The van der Waals surface area contributed by atoms with Crippen LogP contribution in [0.15, 0.2) is 28.4 Å². The van der Waals surface area contributed by atoms with Crippen molar-refractivity contribution < 1.29 is 9.18 Å². The van der Waals surface area contributed by atoms with Gasteiger partial charge in [-0.25, -0.2) is 4.39 Å². The predicted octanol–water partition coefficient (Wildman–Crippen LogP) is 0.964. The summed E-state index contributed by atoms with van der Waals surface area (Å²) in [6.07, 6.45) is 0. The van der Waals surface area contributed by atoms with Crippen molar-refractivity contribution in [3.63, 3.8) is 0 Å². The third-order valence-electron chi connectivity index (χ3n) is 2.54. The van der Waals surface area contributed by atoms with Crippen LogP contribution >= 0.6 is 11.3 Å². The van der Waals surface area contributed by atoms with Gasteiger partial charge in [-0.2, -0.15) is 0 Å². The minimum atomic E-state index is -0.658. The Balaban J connectivity index is 1.96. The SMILES string of the molecule is NC(=O)c1ccc(CNCc2csc(=O)[nH]2)c(F)c1. The number of aromatic amines is 1. The van der Waals surface area contributed by atoms with Crippen molar-refractivity contribution in [2.75, 3.05) is 0 Å². The zero-order chi connectivity index (χ0) is 13.8. The number of hydrogen-bond donors (Lipinski definition) is 3. The Morgan fingerprint density at radius 3 is 2.79 bits per heavy atom. The van der Waals surface area contributed by atoms with E-state index >= 15 is 0 Å². The molecule has 5 nitrogen and oxygen atoms in total. The molecule has 0 unspecified atom stereocenters. The molecule has 0 spiro atoms. The number of carbonyl (C=O) groups is 1. The van der Waals surface area contributed by atoms with E-state index in [-0.39, 0.29) is 10.4 Å². The number of thiazole rings is 1. The topological polar surface area (TPSA) is 88.0 Å². The summed E-state index contributed by atoms with van der Waals surface area (Å²) in [5.74, 6) is -1.14. The van der Waals surface area contributed by atoms with E-state index in [1.807, 2.05) is 0 Å². The van der Waals surface area contributed by atoms with Crippen LogP contribution < -0.4 is 15.9 Å². The third kappa shape index (κ3) is 3.49. The van der Waals surface area contributed by atoms with Gasteiger partial charge in [0.15, 0.2) is 0 Å². The second-order valence-corrected chi connectivity index (χ2v) is 4.79. The number of H-pyrrole nitrogens is 1. The standard InChI is InChI=1S/C12H12FN3O2S/c13-10-3-7(11(14)17)1-2-8(10)4-15-5-9-6-19-12(18)16-9/h1-3,6,15H,4-5H2,(H2,14,17)(H,16,18). The molecule has 0 aliphatic rings. The maximum absolute atomic E-state index is 13.6. The maximum Gasteiger partial charge on any atom is 0.304 e. The lowest BCUT2D eigenvalue weighted by Crippen LogP contribution is -2.16. The Labute approximate surface area is 112 Å². The largest absolute Gasteiger partial charge is 0.366 e. The molecule has 0 bridgehead atoms. The van der Waals surface area contributed by atoms with Crippen LogP contribution in [0.2, 0.25) is 0 Å². The molecule has 1 aromatic carbocycles. The smallest absolute Gasteiger partial charge is 0.304 e. The fourth-order valence-corrected chi connectivity index (χ4v) is 2.16. The molecular formula is C12H12FN3O2S. The van der Waals surface area contributed by atoms with Crippen LogP contribution in [-0.2, 0) is 13.1 Å². The van der Waals surface area contributed by atoms with E-state index in [1.54, 1.807) is 5.38 Å². The number of aromatic nitrogens is 1. The summed E-state index contributed by atoms with van der Waals surface area (Å²) in [5, 5.41) is 4.71. The van der Waals surface area contributed by atoms with Crippen LogP contribution in [0.25, 0.3) is 0 Å². The Morgan fingerprint density at radius 2 is 2.21 bits per heavy atom. The number of carbonyl (C=O) groups excluding carboxylic acids is 1. The van der Waals surface area contributed by atoms with E-state index in [2.05, 4.69) is 10.3 Å². The molecule has 1 amide bonds. The molecule has 0 fully saturated rings. The number of amides is 1. The van der Waals surface area contributed by atoms with E-state index in [9.17, 15) is 14.0 Å². The van der Waals surface area contributed by atoms with E-state index in [0.717, 1.165) is 23.1 Å². The van der Waals surface area contributed by atoms with Gasteiger partial charge in [0.1, 0.15) is 5.82 Å². The van der Waals surface area contributed by atoms with Crippen molar-refractivity contribution in [3.05, 3.63) is 55.9 Å². The second kappa shape index (κ2) is 5.77. The summed E-state index contributed by atoms with van der Waals surface area (Å²) >= 11 is 1.08. The quantitative estimate of drug-likeness (QED) is 0.763. The monoisotopic (exact) mass is 281 g/mol. The number of halogens is 1. The van der Waals surface area contributed by atoms with E-state index < -0.39 is 11.7 Å². The lowest BCUT2D eigenvalue weighted by molar-refractivity contribution is 0.1000. The van der Waals surface area contributed by atoms with Gasteiger partial charge in [-0.3, -0.25) is 9.59 Å². The van der Waals surface area contributed by atoms with Crippen LogP contribution in [0.5, 0.6) is 0 Å². The Morgan fingerprint density at radius 1 is 1.42 bits per heavy atom. The lowest BCUT2D eigenvalue weighted by atomic mass is 10.1. The lowest BCUT2D eigenvalue weighted by Gasteiger charge is -2.06. The highest BCUT2D eigenvalue weighted by Crippen LogP contribution is 2.10. The zero-order valence-corrected chi connectivity index (χ0v) is 10.7. The van der Waals surface area contributed by atoms with Crippen molar-refractivity contribution in [3.8, 4) is 0 Å². The van der Waals surface area contributed by atoms with Gasteiger partial charge in [0, 0.05) is 35.3 Å². The molecule has 19 heavy (non-hydrogen) atoms. The van der Waals surface area contributed by atoms with Gasteiger partial charge in [0.2, 0.25) is 5.91 Å². The first kappa shape index (κ1) is 13.4. The van der Waals surface area contributed by atoms with Gasteiger partial charge in [-0.1, -0.05) is 17.4 Å². The molecule has 100 valence electrons. The zero-order valence-electron chi connectivity index (χ0n) is 9.90. The second-order valence-electron chi connectivity index (χ2n) is 3.95. The first-order valence-corrected chi connectivity index (χ1v) is 6.40. The Kier molecular flexibility index (Phi) is 4.08. The van der Waals surface area contributed by atoms with Gasteiger partial charge in [0.25, 0.3) is 0 Å². The molecule has 4 N–H and O–H groups in total. The van der Waals surface area contributed by atoms with Gasteiger partial charge in [-0.05, 0) is 12.1 Å². The Hall–Kier alpha value is -1.99. The summed E-state index contributed by atoms with van der Waals surface area (Å²) in [6, 6.07) is 4.11. The number of nitrogens with two attached hydrogens (primary N) is 1. The van der Waals surface area contributed by atoms with Crippen LogP contribution in [0, 0.1) is 5.82 Å². The fraction of sp³-hybridized carbons (Fsp3) is 0.167. The molecule has 7 heteroatoms. The van der Waals surface area contributed by atoms with Crippen molar-refractivity contribution >= 4 is 17.2 Å². The summed E-state index contributed by atoms with van der Waals surface area (Å²) < 4.78 is 13.6. The first-order valence-electron chi connectivity index (χ1n) is 5.52. The minimum absolute atomic E-state index is 0.117. The number of nitrogens with one attached hydrogen (secondary N) is 2. The summed E-state index contributed by atoms with van der Waals surface area (Å²) in [7, 11) is 0. The highest BCUT2D eigenvalue weighted by molar-refractivity contribution is 7.07. The van der Waals surface area contributed by atoms with Crippen molar-refractivity contribution in [2.24, 2.45) is 5.73 Å². The third-order valence-corrected chi connectivity index (χ3v) is 3.26. The number of rotatable bonds is 5. The molecular weight excluding hydrogens is 269 g/mol. The number of benzene rings is 1. The van der Waals surface area contributed by atoms with E-state index in [1.165, 1.54) is 12.1 Å². The van der Waals surface area contributed by atoms with Crippen LogP contribution in [0.1, 0.15) is 21.6 Å². The maximum atomic E-state index is 13.6. The predicted molar refractivity (Wildman–Crippen MR) is 70.4 cm³/mol. The average molecular weight is 281 g/mol.